The summed E-state index contributed by atoms with van der Waals surface area (Å²) in [6, 6.07) is 7.20. The minimum Gasteiger partial charge on any atom is -0.495 e. The maximum absolute atomic E-state index is 12.5. The van der Waals surface area contributed by atoms with Gasteiger partial charge in [0.2, 0.25) is 18.2 Å². The molecule has 1 saturated carbocycles. The van der Waals surface area contributed by atoms with Crippen molar-refractivity contribution in [2.24, 2.45) is 11.8 Å². The summed E-state index contributed by atoms with van der Waals surface area (Å²) >= 11 is 0. The van der Waals surface area contributed by atoms with Crippen LogP contribution < -0.4 is 10.1 Å². The van der Waals surface area contributed by atoms with Gasteiger partial charge in [-0.2, -0.15) is 0 Å². The van der Waals surface area contributed by atoms with Gasteiger partial charge in [0.05, 0.1) is 24.6 Å². The summed E-state index contributed by atoms with van der Waals surface area (Å²) in [6.45, 7) is 2.18. The van der Waals surface area contributed by atoms with E-state index < -0.39 is 0 Å². The van der Waals surface area contributed by atoms with E-state index in [2.05, 4.69) is 5.32 Å². The number of piperazine rings is 1. The fourth-order valence-electron chi connectivity index (χ4n) is 3.01. The first-order valence-electron chi connectivity index (χ1n) is 8.06. The smallest absolute Gasteiger partial charge is 0.228 e. The molecule has 24 heavy (non-hydrogen) atoms. The number of anilines is 1. The van der Waals surface area contributed by atoms with Crippen molar-refractivity contribution in [3.05, 3.63) is 24.3 Å². The van der Waals surface area contributed by atoms with Gasteiger partial charge in [-0.25, -0.2) is 0 Å². The third kappa shape index (κ3) is 3.34. The summed E-state index contributed by atoms with van der Waals surface area (Å²) in [7, 11) is 1.55. The van der Waals surface area contributed by atoms with Crippen molar-refractivity contribution >= 4 is 23.9 Å². The van der Waals surface area contributed by atoms with Gasteiger partial charge in [0.1, 0.15) is 5.75 Å². The number of carbonyl (C=O) groups is 3. The van der Waals surface area contributed by atoms with Crippen molar-refractivity contribution in [1.82, 2.24) is 9.80 Å². The van der Waals surface area contributed by atoms with Crippen LogP contribution in [0.1, 0.15) is 6.42 Å². The molecule has 1 aliphatic heterocycles. The summed E-state index contributed by atoms with van der Waals surface area (Å²) in [6.07, 6.45) is 1.39. The van der Waals surface area contributed by atoms with Gasteiger partial charge in [0, 0.05) is 26.2 Å². The zero-order chi connectivity index (χ0) is 17.1. The molecule has 2 atom stereocenters. The normalized spacial score (nSPS) is 22.7. The van der Waals surface area contributed by atoms with Crippen LogP contribution in [0.3, 0.4) is 0 Å². The van der Waals surface area contributed by atoms with Crippen molar-refractivity contribution in [2.45, 2.75) is 6.42 Å². The van der Waals surface area contributed by atoms with Gasteiger partial charge in [-0.3, -0.25) is 14.4 Å². The van der Waals surface area contributed by atoms with Crippen molar-refractivity contribution in [2.75, 3.05) is 38.6 Å². The van der Waals surface area contributed by atoms with Crippen LogP contribution in [0.25, 0.3) is 0 Å². The van der Waals surface area contributed by atoms with Gasteiger partial charge >= 0.3 is 0 Å². The summed E-state index contributed by atoms with van der Waals surface area (Å²) in [5.74, 6) is -0.0709. The van der Waals surface area contributed by atoms with E-state index in [1.807, 2.05) is 12.1 Å². The molecule has 1 saturated heterocycles. The first-order valence-corrected chi connectivity index (χ1v) is 8.06. The molecule has 1 aromatic rings. The lowest BCUT2D eigenvalue weighted by Gasteiger charge is -2.32. The third-order valence-electron chi connectivity index (χ3n) is 4.58. The van der Waals surface area contributed by atoms with Gasteiger partial charge in [0.25, 0.3) is 0 Å². The Labute approximate surface area is 140 Å². The molecule has 2 fully saturated rings. The van der Waals surface area contributed by atoms with Crippen LogP contribution in [0, 0.1) is 11.8 Å². The first-order chi connectivity index (χ1) is 11.6. The zero-order valence-corrected chi connectivity index (χ0v) is 13.6. The summed E-state index contributed by atoms with van der Waals surface area (Å²) in [5, 5.41) is 2.84. The Morgan fingerprint density at radius 1 is 1.17 bits per heavy atom. The number of ether oxygens (including phenoxy) is 1. The van der Waals surface area contributed by atoms with Crippen LogP contribution in [0.2, 0.25) is 0 Å². The highest BCUT2D eigenvalue weighted by Crippen LogP contribution is 2.41. The molecule has 7 nitrogen and oxygen atoms in total. The Hall–Kier alpha value is -2.57. The van der Waals surface area contributed by atoms with E-state index in [1.165, 1.54) is 0 Å². The van der Waals surface area contributed by atoms with E-state index in [-0.39, 0.29) is 23.7 Å². The fraction of sp³-hybridized carbons (Fsp3) is 0.471. The molecule has 1 aliphatic carbocycles. The molecule has 128 valence electrons. The molecule has 2 unspecified atom stereocenters. The molecule has 3 amide bonds. The Morgan fingerprint density at radius 3 is 2.54 bits per heavy atom. The van der Waals surface area contributed by atoms with Crippen molar-refractivity contribution in [3.8, 4) is 5.75 Å². The molecule has 1 N–H and O–H groups in total. The molecule has 0 aromatic heterocycles. The first kappa shape index (κ1) is 16.3. The standard InChI is InChI=1S/C17H21N3O4/c1-24-15-5-3-2-4-14(15)18-16(22)12-10-13(12)17(23)20-8-6-19(11-21)7-9-20/h2-5,11-13H,6-10H2,1H3,(H,18,22). The minimum atomic E-state index is -0.286. The molecular formula is C17H21N3O4. The van der Waals surface area contributed by atoms with E-state index in [4.69, 9.17) is 4.74 Å². The van der Waals surface area contributed by atoms with Crippen LogP contribution in [0.4, 0.5) is 5.69 Å². The molecule has 7 heteroatoms. The predicted octanol–water partition coefficient (Wildman–Crippen LogP) is 0.570. The van der Waals surface area contributed by atoms with Crippen molar-refractivity contribution in [1.29, 1.82) is 0 Å². The average molecular weight is 331 g/mol. The Kier molecular flexibility index (Phi) is 4.69. The number of hydrogen-bond donors (Lipinski definition) is 1. The molecule has 0 spiro atoms. The molecule has 1 heterocycles. The van der Waals surface area contributed by atoms with Crippen LogP contribution >= 0.6 is 0 Å². The summed E-state index contributed by atoms with van der Waals surface area (Å²) in [5.41, 5.74) is 0.614. The predicted molar refractivity (Wildman–Crippen MR) is 87.4 cm³/mol. The highest BCUT2D eigenvalue weighted by atomic mass is 16.5. The highest BCUT2D eigenvalue weighted by Gasteiger charge is 2.49. The van der Waals surface area contributed by atoms with E-state index in [1.54, 1.807) is 29.0 Å². The second kappa shape index (κ2) is 6.90. The minimum absolute atomic E-state index is 0.0146. The van der Waals surface area contributed by atoms with Gasteiger partial charge in [-0.1, -0.05) is 12.1 Å². The highest BCUT2D eigenvalue weighted by molar-refractivity contribution is 6.00. The van der Waals surface area contributed by atoms with E-state index in [9.17, 15) is 14.4 Å². The summed E-state index contributed by atoms with van der Waals surface area (Å²) in [4.78, 5) is 38.9. The molecule has 0 radical (unpaired) electrons. The van der Waals surface area contributed by atoms with Gasteiger partial charge in [-0.15, -0.1) is 0 Å². The lowest BCUT2D eigenvalue weighted by Crippen LogP contribution is -2.48. The Bertz CT molecular complexity index is 640. The lowest BCUT2D eigenvalue weighted by atomic mass is 10.2. The molecule has 1 aromatic carbocycles. The number of amides is 3. The average Bonchev–Trinajstić information content (AvgIpc) is 3.42. The van der Waals surface area contributed by atoms with Gasteiger partial charge in [0.15, 0.2) is 0 Å². The van der Waals surface area contributed by atoms with Gasteiger partial charge < -0.3 is 19.9 Å². The molecular weight excluding hydrogens is 310 g/mol. The number of para-hydroxylation sites is 2. The zero-order valence-electron chi connectivity index (χ0n) is 13.6. The van der Waals surface area contributed by atoms with E-state index in [0.29, 0.717) is 44.0 Å². The Balaban J connectivity index is 1.54. The largest absolute Gasteiger partial charge is 0.495 e. The maximum atomic E-state index is 12.5. The van der Waals surface area contributed by atoms with Crippen LogP contribution in [0.15, 0.2) is 24.3 Å². The van der Waals surface area contributed by atoms with Crippen LogP contribution in [-0.4, -0.2) is 61.3 Å². The number of nitrogens with one attached hydrogen (secondary N) is 1. The number of hydrogen-bond acceptors (Lipinski definition) is 4. The van der Waals surface area contributed by atoms with E-state index >= 15 is 0 Å². The number of methoxy groups -OCH3 is 1. The molecule has 3 rings (SSSR count). The monoisotopic (exact) mass is 331 g/mol. The fourth-order valence-corrected chi connectivity index (χ4v) is 3.01. The SMILES string of the molecule is COc1ccccc1NC(=O)C1CC1C(=O)N1CCN(C=O)CC1. The van der Waals surface area contributed by atoms with Crippen molar-refractivity contribution < 1.29 is 19.1 Å². The number of carbonyl (C=O) groups excluding carboxylic acids is 3. The van der Waals surface area contributed by atoms with Crippen LogP contribution in [0.5, 0.6) is 5.75 Å². The van der Waals surface area contributed by atoms with Crippen molar-refractivity contribution in [3.63, 3.8) is 0 Å². The second-order valence-electron chi connectivity index (χ2n) is 6.10. The quantitative estimate of drug-likeness (QED) is 0.800. The third-order valence-corrected chi connectivity index (χ3v) is 4.58. The molecule has 0 bridgehead atoms. The number of rotatable bonds is 5. The van der Waals surface area contributed by atoms with Crippen LogP contribution in [-0.2, 0) is 14.4 Å². The second-order valence-corrected chi connectivity index (χ2v) is 6.10. The maximum Gasteiger partial charge on any atom is 0.228 e. The lowest BCUT2D eigenvalue weighted by molar-refractivity contribution is -0.137. The summed E-state index contributed by atoms with van der Waals surface area (Å²) < 4.78 is 5.21. The molecule has 2 aliphatic rings. The topological polar surface area (TPSA) is 79.0 Å². The van der Waals surface area contributed by atoms with Gasteiger partial charge in [-0.05, 0) is 18.6 Å². The Morgan fingerprint density at radius 2 is 1.88 bits per heavy atom. The van der Waals surface area contributed by atoms with E-state index in [0.717, 1.165) is 6.41 Å². The number of benzene rings is 1. The number of nitrogens with zero attached hydrogens (tertiary/aromatic N) is 2.